The van der Waals surface area contributed by atoms with Crippen LogP contribution in [0.5, 0.6) is 0 Å². The third-order valence-electron chi connectivity index (χ3n) is 3.52. The summed E-state index contributed by atoms with van der Waals surface area (Å²) in [4.78, 5) is 4.64. The minimum absolute atomic E-state index is 0.260. The van der Waals surface area contributed by atoms with E-state index in [4.69, 9.17) is 0 Å². The van der Waals surface area contributed by atoms with Crippen LogP contribution in [0, 0.1) is 0 Å². The highest BCUT2D eigenvalue weighted by Crippen LogP contribution is 2.21. The van der Waals surface area contributed by atoms with E-state index in [9.17, 15) is 8.42 Å². The lowest BCUT2D eigenvalue weighted by Gasteiger charge is -2.24. The maximum atomic E-state index is 12.4. The number of hydrogen-bond donors (Lipinski definition) is 2. The molecule has 0 bridgehead atoms. The Kier molecular flexibility index (Phi) is 4.20. The first-order valence-electron chi connectivity index (χ1n) is 6.90. The predicted molar refractivity (Wildman–Crippen MR) is 86.0 cm³/mol. The Bertz CT molecular complexity index is 755. The van der Waals surface area contributed by atoms with Crippen molar-refractivity contribution in [2.24, 2.45) is 0 Å². The molecule has 2 aromatic rings. The van der Waals surface area contributed by atoms with Gasteiger partial charge in [0.2, 0.25) is 10.0 Å². The van der Waals surface area contributed by atoms with E-state index >= 15 is 0 Å². The summed E-state index contributed by atoms with van der Waals surface area (Å²) in [7, 11) is -1.74. The number of benzene rings is 1. The van der Waals surface area contributed by atoms with Gasteiger partial charge in [0.1, 0.15) is 5.82 Å². The molecule has 0 amide bonds. The van der Waals surface area contributed by atoms with Gasteiger partial charge in [-0.25, -0.2) is 18.1 Å². The third kappa shape index (κ3) is 3.51. The van der Waals surface area contributed by atoms with Gasteiger partial charge in [0, 0.05) is 18.0 Å². The molecule has 1 heterocycles. The Morgan fingerprint density at radius 3 is 2.52 bits per heavy atom. The van der Waals surface area contributed by atoms with Crippen LogP contribution in [-0.2, 0) is 10.0 Å². The van der Waals surface area contributed by atoms with E-state index in [1.807, 2.05) is 32.9 Å². The molecule has 0 atom stereocenters. The van der Waals surface area contributed by atoms with Crippen LogP contribution in [0.15, 0.2) is 35.2 Å². The van der Waals surface area contributed by atoms with Gasteiger partial charge in [0.25, 0.3) is 0 Å². The summed E-state index contributed by atoms with van der Waals surface area (Å²) in [6.45, 7) is 5.69. The van der Waals surface area contributed by atoms with Crippen molar-refractivity contribution in [3.8, 4) is 0 Å². The van der Waals surface area contributed by atoms with E-state index < -0.39 is 15.6 Å². The minimum atomic E-state index is -3.53. The molecule has 0 aliphatic carbocycles. The fourth-order valence-electron chi connectivity index (χ4n) is 1.90. The fraction of sp³-hybridized carbons (Fsp3) is 0.400. The molecule has 0 radical (unpaired) electrons. The molecule has 1 aromatic carbocycles. The Morgan fingerprint density at radius 1 is 1.19 bits per heavy atom. The normalized spacial score (nSPS) is 12.6. The van der Waals surface area contributed by atoms with Crippen LogP contribution in [0.1, 0.15) is 27.2 Å². The molecule has 5 nitrogen and oxygen atoms in total. The van der Waals surface area contributed by atoms with E-state index in [0.717, 1.165) is 16.7 Å². The molecule has 114 valence electrons. The van der Waals surface area contributed by atoms with Crippen LogP contribution in [0.3, 0.4) is 0 Å². The molecule has 0 aliphatic heterocycles. The zero-order valence-electron chi connectivity index (χ0n) is 12.8. The minimum Gasteiger partial charge on any atom is -0.373 e. The molecular formula is C15H21N3O2S. The highest BCUT2D eigenvalue weighted by atomic mass is 32.2. The van der Waals surface area contributed by atoms with Gasteiger partial charge in [0.15, 0.2) is 0 Å². The second kappa shape index (κ2) is 5.61. The monoisotopic (exact) mass is 307 g/mol. The Hall–Kier alpha value is -1.66. The van der Waals surface area contributed by atoms with Crippen molar-refractivity contribution in [3.63, 3.8) is 0 Å². The highest BCUT2D eigenvalue weighted by Gasteiger charge is 2.24. The van der Waals surface area contributed by atoms with Crippen LogP contribution in [0.25, 0.3) is 10.9 Å². The molecule has 6 heteroatoms. The van der Waals surface area contributed by atoms with Crippen LogP contribution < -0.4 is 10.0 Å². The number of sulfonamides is 1. The summed E-state index contributed by atoms with van der Waals surface area (Å²) >= 11 is 0. The molecule has 2 rings (SSSR count). The SMILES string of the molecule is CCC(C)(C)NS(=O)(=O)c1ccc2nc(NC)ccc2c1. The van der Waals surface area contributed by atoms with E-state index in [0.29, 0.717) is 6.42 Å². The van der Waals surface area contributed by atoms with Gasteiger partial charge in [-0.1, -0.05) is 6.92 Å². The lowest BCUT2D eigenvalue weighted by Crippen LogP contribution is -2.42. The van der Waals surface area contributed by atoms with Gasteiger partial charge in [-0.15, -0.1) is 0 Å². The van der Waals surface area contributed by atoms with Crippen LogP contribution >= 0.6 is 0 Å². The molecule has 21 heavy (non-hydrogen) atoms. The van der Waals surface area contributed by atoms with Crippen molar-refractivity contribution in [1.29, 1.82) is 0 Å². The molecular weight excluding hydrogens is 286 g/mol. The largest absolute Gasteiger partial charge is 0.373 e. The number of fused-ring (bicyclic) bond motifs is 1. The maximum absolute atomic E-state index is 12.4. The quantitative estimate of drug-likeness (QED) is 0.891. The summed E-state index contributed by atoms with van der Waals surface area (Å²) in [6.07, 6.45) is 0.715. The zero-order valence-corrected chi connectivity index (χ0v) is 13.6. The lowest BCUT2D eigenvalue weighted by molar-refractivity contribution is 0.439. The average Bonchev–Trinajstić information content (AvgIpc) is 2.45. The molecule has 2 N–H and O–H groups in total. The molecule has 1 aromatic heterocycles. The Morgan fingerprint density at radius 2 is 1.90 bits per heavy atom. The van der Waals surface area contributed by atoms with Crippen LogP contribution in [0.2, 0.25) is 0 Å². The van der Waals surface area contributed by atoms with Gasteiger partial charge in [-0.2, -0.15) is 0 Å². The highest BCUT2D eigenvalue weighted by molar-refractivity contribution is 7.89. The molecule has 0 aliphatic rings. The second-order valence-corrected chi connectivity index (χ2v) is 7.33. The smallest absolute Gasteiger partial charge is 0.241 e. The standard InChI is InChI=1S/C15H21N3O2S/c1-5-15(2,3)18-21(19,20)12-7-8-13-11(10-12)6-9-14(16-4)17-13/h6-10,18H,5H2,1-4H3,(H,16,17). The van der Waals surface area contributed by atoms with Gasteiger partial charge < -0.3 is 5.32 Å². The van der Waals surface area contributed by atoms with Crippen LogP contribution in [0.4, 0.5) is 5.82 Å². The molecule has 0 unspecified atom stereocenters. The molecule has 0 saturated heterocycles. The first kappa shape index (κ1) is 15.7. The third-order valence-corrected chi connectivity index (χ3v) is 5.22. The molecule has 0 fully saturated rings. The summed E-state index contributed by atoms with van der Waals surface area (Å²) in [5.41, 5.74) is 0.290. The van der Waals surface area contributed by atoms with Gasteiger partial charge in [-0.05, 0) is 50.6 Å². The number of nitrogens with one attached hydrogen (secondary N) is 2. The summed E-state index contributed by atoms with van der Waals surface area (Å²) in [6, 6.07) is 8.64. The number of hydrogen-bond acceptors (Lipinski definition) is 4. The summed E-state index contributed by atoms with van der Waals surface area (Å²) in [5.74, 6) is 0.753. The van der Waals surface area contributed by atoms with Crippen molar-refractivity contribution in [3.05, 3.63) is 30.3 Å². The predicted octanol–water partition coefficient (Wildman–Crippen LogP) is 2.74. The topological polar surface area (TPSA) is 71.1 Å². The first-order chi connectivity index (χ1) is 9.77. The van der Waals surface area contributed by atoms with E-state index in [1.165, 1.54) is 0 Å². The number of pyridine rings is 1. The maximum Gasteiger partial charge on any atom is 0.241 e. The number of rotatable bonds is 5. The fourth-order valence-corrected chi connectivity index (χ4v) is 3.42. The second-order valence-electron chi connectivity index (χ2n) is 5.64. The van der Waals surface area contributed by atoms with E-state index in [1.54, 1.807) is 25.2 Å². The van der Waals surface area contributed by atoms with Gasteiger partial charge >= 0.3 is 0 Å². The van der Waals surface area contributed by atoms with Crippen molar-refractivity contribution in [2.45, 2.75) is 37.6 Å². The lowest BCUT2D eigenvalue weighted by atomic mass is 10.0. The number of aromatic nitrogens is 1. The molecule has 0 spiro atoms. The van der Waals surface area contributed by atoms with Crippen molar-refractivity contribution in [2.75, 3.05) is 12.4 Å². The van der Waals surface area contributed by atoms with Gasteiger partial charge in [-0.3, -0.25) is 0 Å². The van der Waals surface area contributed by atoms with Crippen molar-refractivity contribution in [1.82, 2.24) is 9.71 Å². The summed E-state index contributed by atoms with van der Waals surface area (Å²) in [5, 5.41) is 3.76. The Labute approximate surface area is 125 Å². The molecule has 0 saturated carbocycles. The zero-order chi connectivity index (χ0) is 15.7. The number of nitrogens with zero attached hydrogens (tertiary/aromatic N) is 1. The van der Waals surface area contributed by atoms with Crippen molar-refractivity contribution >= 4 is 26.7 Å². The van der Waals surface area contributed by atoms with E-state index in [-0.39, 0.29) is 4.90 Å². The summed E-state index contributed by atoms with van der Waals surface area (Å²) < 4.78 is 27.6. The first-order valence-corrected chi connectivity index (χ1v) is 8.38. The van der Waals surface area contributed by atoms with E-state index in [2.05, 4.69) is 15.0 Å². The van der Waals surface area contributed by atoms with Crippen LogP contribution in [-0.4, -0.2) is 26.0 Å². The average molecular weight is 307 g/mol. The Balaban J connectivity index is 2.43. The number of anilines is 1. The van der Waals surface area contributed by atoms with Gasteiger partial charge in [0.05, 0.1) is 10.4 Å². The van der Waals surface area contributed by atoms with Crippen molar-refractivity contribution < 1.29 is 8.42 Å².